The lowest BCUT2D eigenvalue weighted by Gasteiger charge is -2.48. The Balaban J connectivity index is 3.66. The van der Waals surface area contributed by atoms with Gasteiger partial charge in [0.2, 0.25) is 8.32 Å². The predicted molar refractivity (Wildman–Crippen MR) is 162 cm³/mol. The van der Waals surface area contributed by atoms with E-state index in [0.29, 0.717) is 16.6 Å². The van der Waals surface area contributed by atoms with E-state index in [1.165, 1.54) is 30.4 Å². The van der Waals surface area contributed by atoms with Gasteiger partial charge in [-0.25, -0.2) is 0 Å². The SMILES string of the molecule is CCCCC[C@H](O[Si](C)(C)C(C)(C)C)[C@H](O[Si](C(C)C)(C(C)C)C(C)C)/C(C)=C/c1ccccc1. The van der Waals surface area contributed by atoms with Crippen molar-refractivity contribution in [3.63, 3.8) is 0 Å². The highest BCUT2D eigenvalue weighted by Gasteiger charge is 2.49. The van der Waals surface area contributed by atoms with E-state index in [4.69, 9.17) is 8.85 Å². The lowest BCUT2D eigenvalue weighted by Crippen LogP contribution is -2.55. The van der Waals surface area contributed by atoms with E-state index in [1.54, 1.807) is 0 Å². The number of rotatable bonds is 14. The van der Waals surface area contributed by atoms with Crippen molar-refractivity contribution < 1.29 is 8.85 Å². The van der Waals surface area contributed by atoms with Gasteiger partial charge in [-0.3, -0.25) is 0 Å². The van der Waals surface area contributed by atoms with Crippen LogP contribution < -0.4 is 0 Å². The number of hydrogen-bond acceptors (Lipinski definition) is 2. The molecule has 0 aromatic heterocycles. The van der Waals surface area contributed by atoms with Gasteiger partial charge in [0.25, 0.3) is 0 Å². The molecule has 0 unspecified atom stereocenters. The summed E-state index contributed by atoms with van der Waals surface area (Å²) in [4.78, 5) is 0. The minimum Gasteiger partial charge on any atom is -0.411 e. The molecule has 1 aromatic rings. The van der Waals surface area contributed by atoms with E-state index < -0.39 is 16.6 Å². The van der Waals surface area contributed by atoms with Crippen LogP contribution in [0.3, 0.4) is 0 Å². The zero-order chi connectivity index (χ0) is 27.0. The van der Waals surface area contributed by atoms with Gasteiger partial charge >= 0.3 is 0 Å². The van der Waals surface area contributed by atoms with Gasteiger partial charge in [0.15, 0.2) is 8.32 Å². The first-order valence-corrected chi connectivity index (χ1v) is 19.2. The van der Waals surface area contributed by atoms with Crippen LogP contribution in [0, 0.1) is 0 Å². The van der Waals surface area contributed by atoms with Crippen LogP contribution in [0.4, 0.5) is 0 Å². The van der Waals surface area contributed by atoms with Gasteiger partial charge in [0.05, 0.1) is 12.2 Å². The highest BCUT2D eigenvalue weighted by Crippen LogP contribution is 2.46. The minimum atomic E-state index is -2.11. The minimum absolute atomic E-state index is 0.0138. The highest BCUT2D eigenvalue weighted by atomic mass is 28.4. The number of unbranched alkanes of at least 4 members (excludes halogenated alkanes) is 2. The molecule has 202 valence electrons. The molecular weight excluding hydrogens is 461 g/mol. The molecule has 0 spiro atoms. The second-order valence-electron chi connectivity index (χ2n) is 13.1. The van der Waals surface area contributed by atoms with Crippen LogP contribution in [0.25, 0.3) is 6.08 Å². The first kappa shape index (κ1) is 32.3. The summed E-state index contributed by atoms with van der Waals surface area (Å²) < 4.78 is 14.8. The van der Waals surface area contributed by atoms with Crippen molar-refractivity contribution in [3.05, 3.63) is 41.5 Å². The smallest absolute Gasteiger partial charge is 0.201 e. The van der Waals surface area contributed by atoms with Gasteiger partial charge in [0, 0.05) is 0 Å². The first-order chi connectivity index (χ1) is 16.1. The molecule has 0 saturated heterocycles. The fourth-order valence-corrected chi connectivity index (χ4v) is 12.4. The van der Waals surface area contributed by atoms with Gasteiger partial charge < -0.3 is 8.85 Å². The Bertz CT molecular complexity index is 738. The summed E-state index contributed by atoms with van der Waals surface area (Å²) in [5.41, 5.74) is 4.16. The van der Waals surface area contributed by atoms with Crippen LogP contribution in [0.2, 0.25) is 34.8 Å². The van der Waals surface area contributed by atoms with Gasteiger partial charge in [0.1, 0.15) is 0 Å². The van der Waals surface area contributed by atoms with Gasteiger partial charge in [-0.05, 0) is 59.2 Å². The van der Waals surface area contributed by atoms with Crippen LogP contribution in [-0.2, 0) is 8.85 Å². The molecule has 0 aliphatic heterocycles. The van der Waals surface area contributed by atoms with E-state index in [2.05, 4.69) is 126 Å². The first-order valence-electron chi connectivity index (χ1n) is 14.2. The van der Waals surface area contributed by atoms with Crippen LogP contribution >= 0.6 is 0 Å². The van der Waals surface area contributed by atoms with Crippen LogP contribution in [0.1, 0.15) is 107 Å². The third-order valence-electron chi connectivity index (χ3n) is 8.36. The van der Waals surface area contributed by atoms with E-state index in [9.17, 15) is 0 Å². The molecule has 0 heterocycles. The maximum atomic E-state index is 7.58. The summed E-state index contributed by atoms with van der Waals surface area (Å²) in [6.45, 7) is 30.7. The van der Waals surface area contributed by atoms with Crippen molar-refractivity contribution in [2.45, 2.75) is 149 Å². The molecule has 0 N–H and O–H groups in total. The standard InChI is InChI=1S/C31H58O2Si2/c1-14-15-17-22-29(32-34(12,13)31(9,10)11)30(27(8)23-28-20-18-16-19-21-28)33-35(24(2)3,25(4)5)26(6)7/h16,18-21,23-26,29-30H,14-15,17,22H2,1-13H3/b27-23+/t29-,30+/m0/s1. The van der Waals surface area contributed by atoms with Crippen molar-refractivity contribution >= 4 is 22.7 Å². The Morgan fingerprint density at radius 3 is 1.80 bits per heavy atom. The van der Waals surface area contributed by atoms with Crippen LogP contribution in [0.15, 0.2) is 35.9 Å². The quantitative estimate of drug-likeness (QED) is 0.180. The Morgan fingerprint density at radius 1 is 0.857 bits per heavy atom. The summed E-state index contributed by atoms with van der Waals surface area (Å²) in [5.74, 6) is 0. The third kappa shape index (κ3) is 8.69. The molecule has 2 nitrogen and oxygen atoms in total. The Morgan fingerprint density at radius 2 is 1.37 bits per heavy atom. The maximum absolute atomic E-state index is 7.58. The molecule has 0 bridgehead atoms. The average molecular weight is 519 g/mol. The second-order valence-corrected chi connectivity index (χ2v) is 23.2. The zero-order valence-electron chi connectivity index (χ0n) is 25.5. The normalized spacial score (nSPS) is 15.8. The van der Waals surface area contributed by atoms with Crippen LogP contribution in [-0.4, -0.2) is 28.8 Å². The Labute approximate surface area is 221 Å². The van der Waals surface area contributed by atoms with Crippen molar-refractivity contribution in [1.29, 1.82) is 0 Å². The average Bonchev–Trinajstić information content (AvgIpc) is 2.73. The largest absolute Gasteiger partial charge is 0.411 e. The molecule has 0 amide bonds. The molecule has 0 fully saturated rings. The molecule has 0 radical (unpaired) electrons. The number of hydrogen-bond donors (Lipinski definition) is 0. The highest BCUT2D eigenvalue weighted by molar-refractivity contribution is 6.77. The molecule has 1 aromatic carbocycles. The van der Waals surface area contributed by atoms with Crippen molar-refractivity contribution in [1.82, 2.24) is 0 Å². The van der Waals surface area contributed by atoms with Crippen molar-refractivity contribution in [2.75, 3.05) is 0 Å². The second kappa shape index (κ2) is 13.7. The Hall–Kier alpha value is -0.686. The van der Waals surface area contributed by atoms with E-state index >= 15 is 0 Å². The fraction of sp³-hybridized carbons (Fsp3) is 0.742. The molecule has 35 heavy (non-hydrogen) atoms. The van der Waals surface area contributed by atoms with E-state index in [-0.39, 0.29) is 17.2 Å². The molecule has 0 saturated carbocycles. The predicted octanol–water partition coefficient (Wildman–Crippen LogP) is 10.6. The topological polar surface area (TPSA) is 18.5 Å². The van der Waals surface area contributed by atoms with Gasteiger partial charge in [-0.2, -0.15) is 0 Å². The summed E-state index contributed by atoms with van der Waals surface area (Å²) in [6, 6.07) is 10.7. The summed E-state index contributed by atoms with van der Waals surface area (Å²) >= 11 is 0. The molecule has 2 atom stereocenters. The molecule has 1 rings (SSSR count). The molecule has 0 aliphatic rings. The third-order valence-corrected chi connectivity index (χ3v) is 18.9. The zero-order valence-corrected chi connectivity index (χ0v) is 27.5. The summed E-state index contributed by atoms with van der Waals surface area (Å²) in [6.07, 6.45) is 7.13. The maximum Gasteiger partial charge on any atom is 0.201 e. The lowest BCUT2D eigenvalue weighted by molar-refractivity contribution is 0.0476. The van der Waals surface area contributed by atoms with Crippen molar-refractivity contribution in [3.8, 4) is 0 Å². The lowest BCUT2D eigenvalue weighted by atomic mass is 9.99. The molecule has 4 heteroatoms. The van der Waals surface area contributed by atoms with E-state index in [0.717, 1.165) is 6.42 Å². The summed E-state index contributed by atoms with van der Waals surface area (Å²) in [5, 5.41) is 0.167. The summed E-state index contributed by atoms with van der Waals surface area (Å²) in [7, 11) is -4.09. The van der Waals surface area contributed by atoms with Crippen molar-refractivity contribution in [2.24, 2.45) is 0 Å². The van der Waals surface area contributed by atoms with Crippen LogP contribution in [0.5, 0.6) is 0 Å². The van der Waals surface area contributed by atoms with Gasteiger partial charge in [-0.15, -0.1) is 0 Å². The number of benzene rings is 1. The fourth-order valence-electron chi connectivity index (χ4n) is 5.41. The van der Waals surface area contributed by atoms with E-state index in [1.807, 2.05) is 0 Å². The monoisotopic (exact) mass is 518 g/mol. The molecule has 0 aliphatic carbocycles. The molecular formula is C31H58O2Si2. The van der Waals surface area contributed by atoms with Gasteiger partial charge in [-0.1, -0.05) is 125 Å². The Kier molecular flexibility index (Phi) is 12.7.